The van der Waals surface area contributed by atoms with Crippen molar-refractivity contribution in [1.29, 1.82) is 5.26 Å². The number of aliphatic carboxylic acids is 1. The molecule has 3 aromatic rings. The Morgan fingerprint density at radius 2 is 1.56 bits per heavy atom. The summed E-state index contributed by atoms with van der Waals surface area (Å²) < 4.78 is 21.5. The SMILES string of the molecule is N#CCC(CC(c1ccccc1)[N+](=O)[O-])N(C(=O)OCC1c2ccccc2-c2ccccc21)[C@@H](COP(=O)(O)O)C(=O)O. The summed E-state index contributed by atoms with van der Waals surface area (Å²) in [4.78, 5) is 56.6. The highest BCUT2D eigenvalue weighted by molar-refractivity contribution is 7.46. The normalized spacial score (nSPS) is 14.4. The van der Waals surface area contributed by atoms with Gasteiger partial charge in [0.2, 0.25) is 6.04 Å². The van der Waals surface area contributed by atoms with Gasteiger partial charge in [-0.15, -0.1) is 0 Å². The van der Waals surface area contributed by atoms with E-state index in [-0.39, 0.29) is 12.2 Å². The van der Waals surface area contributed by atoms with Crippen molar-refractivity contribution in [1.82, 2.24) is 4.90 Å². The lowest BCUT2D eigenvalue weighted by Crippen LogP contribution is -2.53. The van der Waals surface area contributed by atoms with Crippen LogP contribution in [0.25, 0.3) is 11.1 Å². The highest BCUT2D eigenvalue weighted by Gasteiger charge is 2.42. The summed E-state index contributed by atoms with van der Waals surface area (Å²) >= 11 is 0. The number of fused-ring (bicyclic) bond motifs is 3. The van der Waals surface area contributed by atoms with E-state index in [2.05, 4.69) is 4.52 Å². The van der Waals surface area contributed by atoms with Crippen molar-refractivity contribution in [2.24, 2.45) is 0 Å². The van der Waals surface area contributed by atoms with E-state index in [1.165, 1.54) is 12.1 Å². The number of phosphoric ester groups is 1. The first-order chi connectivity index (χ1) is 20.5. The number of amides is 1. The van der Waals surface area contributed by atoms with Crippen molar-refractivity contribution in [3.05, 3.63) is 106 Å². The molecule has 0 saturated carbocycles. The number of rotatable bonds is 13. The zero-order chi connectivity index (χ0) is 31.1. The first-order valence-corrected chi connectivity index (χ1v) is 14.7. The first-order valence-electron chi connectivity index (χ1n) is 13.1. The Balaban J connectivity index is 1.68. The fourth-order valence-electron chi connectivity index (χ4n) is 5.31. The smallest absolute Gasteiger partial charge is 0.469 e. The number of carbonyl (C=O) groups is 2. The minimum atomic E-state index is -5.19. The Morgan fingerprint density at radius 3 is 2.07 bits per heavy atom. The molecule has 1 aliphatic carbocycles. The third kappa shape index (κ3) is 7.43. The Morgan fingerprint density at radius 1 is 1.00 bits per heavy atom. The molecule has 0 radical (unpaired) electrons. The summed E-state index contributed by atoms with van der Waals surface area (Å²) in [5.74, 6) is -2.14. The lowest BCUT2D eigenvalue weighted by atomic mass is 9.96. The summed E-state index contributed by atoms with van der Waals surface area (Å²) in [5.41, 5.74) is 3.87. The second-order valence-electron chi connectivity index (χ2n) is 9.82. The molecular formula is C29H28N3O10P. The van der Waals surface area contributed by atoms with Gasteiger partial charge in [0.05, 0.1) is 25.1 Å². The number of hydrogen-bond donors (Lipinski definition) is 3. The van der Waals surface area contributed by atoms with Crippen molar-refractivity contribution in [3.8, 4) is 17.2 Å². The number of carbonyl (C=O) groups excluding carboxylic acids is 1. The van der Waals surface area contributed by atoms with Crippen LogP contribution in [0.15, 0.2) is 78.9 Å². The number of ether oxygens (including phenoxy) is 1. The van der Waals surface area contributed by atoms with Gasteiger partial charge in [-0.3, -0.25) is 19.5 Å². The number of carboxylic acids is 1. The van der Waals surface area contributed by atoms with Crippen LogP contribution in [0.2, 0.25) is 0 Å². The van der Waals surface area contributed by atoms with Gasteiger partial charge in [-0.2, -0.15) is 5.26 Å². The molecule has 4 rings (SSSR count). The quantitative estimate of drug-likeness (QED) is 0.140. The van der Waals surface area contributed by atoms with Crippen molar-refractivity contribution in [2.45, 2.75) is 36.9 Å². The van der Waals surface area contributed by atoms with Crippen LogP contribution >= 0.6 is 7.82 Å². The van der Waals surface area contributed by atoms with E-state index in [9.17, 15) is 44.4 Å². The molecule has 14 heteroatoms. The van der Waals surface area contributed by atoms with E-state index in [0.29, 0.717) is 4.90 Å². The monoisotopic (exact) mass is 609 g/mol. The predicted molar refractivity (Wildman–Crippen MR) is 151 cm³/mol. The largest absolute Gasteiger partial charge is 0.480 e. The summed E-state index contributed by atoms with van der Waals surface area (Å²) in [6.45, 7) is -1.41. The molecule has 0 spiro atoms. The number of benzene rings is 3. The second-order valence-corrected chi connectivity index (χ2v) is 11.1. The fourth-order valence-corrected chi connectivity index (χ4v) is 5.65. The van der Waals surface area contributed by atoms with Gasteiger partial charge in [-0.1, -0.05) is 78.9 Å². The highest BCUT2D eigenvalue weighted by atomic mass is 31.2. The van der Waals surface area contributed by atoms with E-state index in [1.54, 1.807) is 18.2 Å². The maximum absolute atomic E-state index is 13.7. The molecule has 0 saturated heterocycles. The van der Waals surface area contributed by atoms with E-state index in [4.69, 9.17) is 4.74 Å². The summed E-state index contributed by atoms with van der Waals surface area (Å²) in [6.07, 6.45) is -2.27. The minimum Gasteiger partial charge on any atom is -0.480 e. The zero-order valence-corrected chi connectivity index (χ0v) is 23.5. The van der Waals surface area contributed by atoms with Crippen LogP contribution in [0.1, 0.15) is 41.5 Å². The van der Waals surface area contributed by atoms with Crippen LogP contribution in [-0.2, 0) is 18.6 Å². The van der Waals surface area contributed by atoms with Gasteiger partial charge in [0, 0.05) is 22.8 Å². The average Bonchev–Trinajstić information content (AvgIpc) is 3.29. The highest BCUT2D eigenvalue weighted by Crippen LogP contribution is 2.44. The molecule has 13 nitrogen and oxygen atoms in total. The molecule has 3 N–H and O–H groups in total. The number of nitriles is 1. The number of nitrogens with zero attached hydrogens (tertiary/aromatic N) is 3. The first kappa shape index (κ1) is 31.3. The van der Waals surface area contributed by atoms with E-state index in [0.717, 1.165) is 22.3 Å². The molecule has 1 aliphatic rings. The van der Waals surface area contributed by atoms with Crippen molar-refractivity contribution < 1.29 is 43.2 Å². The molecule has 3 atom stereocenters. The number of carboxylic acid groups (broad SMARTS) is 1. The van der Waals surface area contributed by atoms with Crippen LogP contribution < -0.4 is 0 Å². The Hall–Kier alpha value is -4.60. The second kappa shape index (κ2) is 13.6. The van der Waals surface area contributed by atoms with Gasteiger partial charge < -0.3 is 19.6 Å². The lowest BCUT2D eigenvalue weighted by molar-refractivity contribution is -0.531. The van der Waals surface area contributed by atoms with Crippen LogP contribution in [0.3, 0.4) is 0 Å². The van der Waals surface area contributed by atoms with Gasteiger partial charge in [-0.25, -0.2) is 14.2 Å². The van der Waals surface area contributed by atoms with Gasteiger partial charge in [0.1, 0.15) is 6.61 Å². The standard InChI is InChI=1S/C29H28N3O10P/c30-15-14-20(16-26(32(36)37)19-8-2-1-3-9-19)31(27(28(33)34)18-42-43(38,39)40)29(35)41-17-25-23-12-6-4-10-21(23)22-11-5-7-13-24(22)25/h1-13,20,25-27H,14,16-18H2,(H,33,34)(H2,38,39,40)/t20?,26?,27-/m0/s1. The molecule has 43 heavy (non-hydrogen) atoms. The molecule has 224 valence electrons. The molecule has 0 aromatic heterocycles. The van der Waals surface area contributed by atoms with E-state index < -0.39 is 68.3 Å². The maximum atomic E-state index is 13.7. The summed E-state index contributed by atoms with van der Waals surface area (Å²) in [5, 5.41) is 31.7. The third-order valence-corrected chi connectivity index (χ3v) is 7.71. The maximum Gasteiger partial charge on any atom is 0.469 e. The molecular weight excluding hydrogens is 581 g/mol. The molecule has 0 bridgehead atoms. The molecule has 0 fully saturated rings. The Labute approximate surface area is 246 Å². The van der Waals surface area contributed by atoms with Crippen LogP contribution in [0.5, 0.6) is 0 Å². The van der Waals surface area contributed by atoms with Gasteiger partial charge in [0.15, 0.2) is 6.04 Å². The molecule has 2 unspecified atom stereocenters. The molecule has 1 amide bonds. The van der Waals surface area contributed by atoms with Crippen molar-refractivity contribution >= 4 is 19.9 Å². The zero-order valence-electron chi connectivity index (χ0n) is 22.6. The summed E-state index contributed by atoms with van der Waals surface area (Å²) in [7, 11) is -5.19. The van der Waals surface area contributed by atoms with Crippen molar-refractivity contribution in [3.63, 3.8) is 0 Å². The van der Waals surface area contributed by atoms with Gasteiger partial charge in [0.25, 0.3) is 0 Å². The Bertz CT molecular complexity index is 1530. The molecule has 0 heterocycles. The van der Waals surface area contributed by atoms with Crippen LogP contribution in [0, 0.1) is 21.4 Å². The van der Waals surface area contributed by atoms with Crippen LogP contribution in [-0.4, -0.2) is 62.1 Å². The van der Waals surface area contributed by atoms with E-state index in [1.807, 2.05) is 54.6 Å². The molecule has 0 aliphatic heterocycles. The predicted octanol–water partition coefficient (Wildman–Crippen LogP) is 4.49. The molecule has 3 aromatic carbocycles. The minimum absolute atomic E-state index is 0.244. The number of phosphoric acid groups is 1. The van der Waals surface area contributed by atoms with Gasteiger partial charge >= 0.3 is 19.9 Å². The van der Waals surface area contributed by atoms with E-state index >= 15 is 0 Å². The van der Waals surface area contributed by atoms with Gasteiger partial charge in [-0.05, 0) is 22.3 Å². The lowest BCUT2D eigenvalue weighted by Gasteiger charge is -2.35. The average molecular weight is 610 g/mol. The fraction of sp³-hybridized carbons (Fsp3) is 0.276. The van der Waals surface area contributed by atoms with Crippen molar-refractivity contribution in [2.75, 3.05) is 13.2 Å². The number of nitro groups is 1. The summed E-state index contributed by atoms with van der Waals surface area (Å²) in [6, 6.07) is 19.7. The number of hydrogen-bond acceptors (Lipinski definition) is 8. The topological polar surface area (TPSA) is 201 Å². The van der Waals surface area contributed by atoms with Crippen LogP contribution in [0.4, 0.5) is 4.79 Å². The Kier molecular flexibility index (Phi) is 9.90. The third-order valence-electron chi connectivity index (χ3n) is 7.22.